The van der Waals surface area contributed by atoms with Gasteiger partial charge in [-0.05, 0) is 13.8 Å². The predicted molar refractivity (Wildman–Crippen MR) is 62.0 cm³/mol. The molecular weight excluding hydrogens is 188 g/mol. The molecule has 0 amide bonds. The summed E-state index contributed by atoms with van der Waals surface area (Å²) in [5.41, 5.74) is 2.14. The van der Waals surface area contributed by atoms with Crippen LogP contribution in [0, 0.1) is 0 Å². The molecule has 1 aromatic carbocycles. The molecule has 0 atom stereocenters. The number of ether oxygens (including phenoxy) is 2. The van der Waals surface area contributed by atoms with E-state index in [2.05, 4.69) is 0 Å². The van der Waals surface area contributed by atoms with E-state index in [4.69, 9.17) is 9.47 Å². The molecule has 1 aromatic rings. The van der Waals surface area contributed by atoms with Crippen LogP contribution < -0.4 is 9.47 Å². The molecule has 1 heterocycles. The molecule has 0 aromatic heterocycles. The first-order valence-corrected chi connectivity index (χ1v) is 5.04. The first-order chi connectivity index (χ1) is 7.36. The van der Waals surface area contributed by atoms with E-state index < -0.39 is 0 Å². The zero-order valence-corrected chi connectivity index (χ0v) is 8.99. The van der Waals surface area contributed by atoms with Crippen LogP contribution in [0.4, 0.5) is 0 Å². The van der Waals surface area contributed by atoms with Crippen molar-refractivity contribution < 1.29 is 9.47 Å². The highest BCUT2D eigenvalue weighted by Gasteiger charge is 2.19. The van der Waals surface area contributed by atoms with Gasteiger partial charge in [-0.3, -0.25) is 0 Å². The van der Waals surface area contributed by atoms with Crippen molar-refractivity contribution in [2.75, 3.05) is 6.79 Å². The van der Waals surface area contributed by atoms with Gasteiger partial charge in [0.2, 0.25) is 6.79 Å². The van der Waals surface area contributed by atoms with E-state index in [1.54, 1.807) is 0 Å². The van der Waals surface area contributed by atoms with Gasteiger partial charge in [0, 0.05) is 11.1 Å². The largest absolute Gasteiger partial charge is 0.453 e. The van der Waals surface area contributed by atoms with Crippen molar-refractivity contribution in [3.05, 3.63) is 35.4 Å². The molecule has 0 bridgehead atoms. The summed E-state index contributed by atoms with van der Waals surface area (Å²) < 4.78 is 10.9. The van der Waals surface area contributed by atoms with Gasteiger partial charge < -0.3 is 9.47 Å². The van der Waals surface area contributed by atoms with Gasteiger partial charge in [0.15, 0.2) is 11.5 Å². The molecule has 1 aliphatic rings. The number of hydrogen-bond acceptors (Lipinski definition) is 2. The van der Waals surface area contributed by atoms with E-state index in [0.717, 1.165) is 22.6 Å². The van der Waals surface area contributed by atoms with Crippen molar-refractivity contribution >= 4 is 12.2 Å². The number of allylic oxidation sites excluding steroid dienone is 2. The Balaban J connectivity index is 2.53. The van der Waals surface area contributed by atoms with E-state index in [-0.39, 0.29) is 0 Å². The average Bonchev–Trinajstić information content (AvgIpc) is 2.71. The summed E-state index contributed by atoms with van der Waals surface area (Å²) in [5, 5.41) is 0. The quantitative estimate of drug-likeness (QED) is 0.731. The molecule has 0 radical (unpaired) electrons. The van der Waals surface area contributed by atoms with Crippen LogP contribution in [-0.2, 0) is 0 Å². The van der Waals surface area contributed by atoms with E-state index in [9.17, 15) is 0 Å². The number of fused-ring (bicyclic) bond motifs is 1. The smallest absolute Gasteiger partial charge is 0.231 e. The highest BCUT2D eigenvalue weighted by atomic mass is 16.7. The third-order valence-electron chi connectivity index (χ3n) is 2.27. The molecule has 2 nitrogen and oxygen atoms in total. The Morgan fingerprint density at radius 2 is 1.40 bits per heavy atom. The van der Waals surface area contributed by atoms with E-state index in [0.29, 0.717) is 6.79 Å². The fraction of sp³-hybridized carbons (Fsp3) is 0.231. The SMILES string of the molecule is C/C=C/c1ccc(/C=C/C)c2c1OCO2. The van der Waals surface area contributed by atoms with E-state index in [1.165, 1.54) is 0 Å². The summed E-state index contributed by atoms with van der Waals surface area (Å²) in [6.07, 6.45) is 8.03. The molecule has 0 unspecified atom stereocenters. The van der Waals surface area contributed by atoms with Crippen LogP contribution in [-0.4, -0.2) is 6.79 Å². The third-order valence-corrected chi connectivity index (χ3v) is 2.27. The number of benzene rings is 1. The van der Waals surface area contributed by atoms with Gasteiger partial charge in [-0.2, -0.15) is 0 Å². The summed E-state index contributed by atoms with van der Waals surface area (Å²) in [5.74, 6) is 1.70. The summed E-state index contributed by atoms with van der Waals surface area (Å²) in [6, 6.07) is 4.09. The van der Waals surface area contributed by atoms with Gasteiger partial charge in [-0.1, -0.05) is 36.4 Å². The van der Waals surface area contributed by atoms with Crippen LogP contribution in [0.15, 0.2) is 24.3 Å². The number of hydrogen-bond donors (Lipinski definition) is 0. The summed E-state index contributed by atoms with van der Waals surface area (Å²) in [6.45, 7) is 4.29. The van der Waals surface area contributed by atoms with Crippen LogP contribution in [0.1, 0.15) is 25.0 Å². The highest BCUT2D eigenvalue weighted by molar-refractivity contribution is 5.71. The maximum Gasteiger partial charge on any atom is 0.231 e. The van der Waals surface area contributed by atoms with Crippen LogP contribution >= 0.6 is 0 Å². The average molecular weight is 202 g/mol. The van der Waals surface area contributed by atoms with Gasteiger partial charge in [0.1, 0.15) is 0 Å². The Bertz CT molecular complexity index is 378. The zero-order valence-electron chi connectivity index (χ0n) is 8.99. The molecule has 15 heavy (non-hydrogen) atoms. The lowest BCUT2D eigenvalue weighted by molar-refractivity contribution is 0.173. The van der Waals surface area contributed by atoms with Crippen molar-refractivity contribution in [2.45, 2.75) is 13.8 Å². The molecular formula is C13H14O2. The minimum atomic E-state index is 0.314. The fourth-order valence-corrected chi connectivity index (χ4v) is 1.66. The monoisotopic (exact) mass is 202 g/mol. The molecule has 0 saturated heterocycles. The Labute approximate surface area is 89.8 Å². The summed E-state index contributed by atoms with van der Waals surface area (Å²) in [4.78, 5) is 0. The Kier molecular flexibility index (Phi) is 2.77. The van der Waals surface area contributed by atoms with E-state index in [1.807, 2.05) is 50.3 Å². The molecule has 0 saturated carbocycles. The second-order valence-corrected chi connectivity index (χ2v) is 3.31. The van der Waals surface area contributed by atoms with Crippen LogP contribution in [0.5, 0.6) is 11.5 Å². The van der Waals surface area contributed by atoms with Gasteiger partial charge >= 0.3 is 0 Å². The lowest BCUT2D eigenvalue weighted by atomic mass is 10.1. The molecule has 0 fully saturated rings. The predicted octanol–water partition coefficient (Wildman–Crippen LogP) is 3.48. The minimum Gasteiger partial charge on any atom is -0.453 e. The van der Waals surface area contributed by atoms with Crippen molar-refractivity contribution in [1.82, 2.24) is 0 Å². The lowest BCUT2D eigenvalue weighted by Crippen LogP contribution is -1.93. The molecule has 2 heteroatoms. The lowest BCUT2D eigenvalue weighted by Gasteiger charge is -2.04. The Morgan fingerprint density at radius 3 is 1.80 bits per heavy atom. The summed E-state index contributed by atoms with van der Waals surface area (Å²) in [7, 11) is 0. The van der Waals surface area contributed by atoms with E-state index >= 15 is 0 Å². The van der Waals surface area contributed by atoms with Gasteiger partial charge in [-0.25, -0.2) is 0 Å². The minimum absolute atomic E-state index is 0.314. The van der Waals surface area contributed by atoms with Crippen molar-refractivity contribution in [1.29, 1.82) is 0 Å². The first-order valence-electron chi connectivity index (χ1n) is 5.04. The maximum absolute atomic E-state index is 5.46. The zero-order chi connectivity index (χ0) is 10.7. The van der Waals surface area contributed by atoms with Crippen LogP contribution in [0.2, 0.25) is 0 Å². The van der Waals surface area contributed by atoms with Gasteiger partial charge in [0.05, 0.1) is 0 Å². The normalized spacial score (nSPS) is 14.3. The molecule has 78 valence electrons. The number of rotatable bonds is 2. The fourth-order valence-electron chi connectivity index (χ4n) is 1.66. The Morgan fingerprint density at radius 1 is 0.933 bits per heavy atom. The van der Waals surface area contributed by atoms with Crippen LogP contribution in [0.25, 0.3) is 12.2 Å². The van der Waals surface area contributed by atoms with Crippen LogP contribution in [0.3, 0.4) is 0 Å². The molecule has 0 N–H and O–H groups in total. The van der Waals surface area contributed by atoms with Crippen molar-refractivity contribution in [3.63, 3.8) is 0 Å². The molecule has 1 aliphatic heterocycles. The Hall–Kier alpha value is -1.70. The second-order valence-electron chi connectivity index (χ2n) is 3.31. The van der Waals surface area contributed by atoms with Crippen molar-refractivity contribution in [2.24, 2.45) is 0 Å². The topological polar surface area (TPSA) is 18.5 Å². The standard InChI is InChI=1S/C13H14O2/c1-3-5-10-7-8-11(6-4-2)13-12(10)14-9-15-13/h3-8H,9H2,1-2H3/b5-3+,6-4+. The highest BCUT2D eigenvalue weighted by Crippen LogP contribution is 2.40. The first kappa shape index (κ1) is 9.84. The molecule has 2 rings (SSSR count). The van der Waals surface area contributed by atoms with Crippen molar-refractivity contribution in [3.8, 4) is 11.5 Å². The summed E-state index contributed by atoms with van der Waals surface area (Å²) >= 11 is 0. The molecule has 0 aliphatic carbocycles. The third kappa shape index (κ3) is 1.75. The van der Waals surface area contributed by atoms with Gasteiger partial charge in [0.25, 0.3) is 0 Å². The second kappa shape index (κ2) is 4.22. The van der Waals surface area contributed by atoms with Gasteiger partial charge in [-0.15, -0.1) is 0 Å². The maximum atomic E-state index is 5.46. The molecule has 0 spiro atoms.